The van der Waals surface area contributed by atoms with Gasteiger partial charge in [-0.2, -0.15) is 5.26 Å². The predicted octanol–water partition coefficient (Wildman–Crippen LogP) is 1.60. The summed E-state index contributed by atoms with van der Waals surface area (Å²) in [5.74, 6) is 0.821. The number of carbonyl (C=O) groups excluding carboxylic acids is 2. The Morgan fingerprint density at radius 1 is 1.07 bits per heavy atom. The van der Waals surface area contributed by atoms with Crippen molar-refractivity contribution in [2.75, 3.05) is 0 Å². The molecule has 0 radical (unpaired) electrons. The zero-order valence-corrected chi connectivity index (χ0v) is 15.7. The van der Waals surface area contributed by atoms with Gasteiger partial charge in [0.1, 0.15) is 17.5 Å². The summed E-state index contributed by atoms with van der Waals surface area (Å²) in [5, 5.41) is 18.2. The van der Waals surface area contributed by atoms with Gasteiger partial charge in [0, 0.05) is 0 Å². The summed E-state index contributed by atoms with van der Waals surface area (Å²) in [6, 6.07) is 13.7. The van der Waals surface area contributed by atoms with Gasteiger partial charge < -0.3 is 10.1 Å². The Labute approximate surface area is 162 Å². The molecule has 146 valence electrons. The summed E-state index contributed by atoms with van der Waals surface area (Å²) in [5.41, 5.74) is 0.539. The minimum absolute atomic E-state index is 0.0275. The first-order valence-electron chi connectivity index (χ1n) is 8.15. The molecule has 0 saturated carbocycles. The number of ether oxygens (including phenoxy) is 1. The van der Waals surface area contributed by atoms with E-state index in [4.69, 9.17) is 15.1 Å². The third-order valence-corrected chi connectivity index (χ3v) is 4.57. The average molecular weight is 402 g/mol. The number of amides is 3. The third kappa shape index (κ3) is 5.80. The Kier molecular flexibility index (Phi) is 6.70. The zero-order chi connectivity index (χ0) is 20.7. The molecule has 3 rings (SSSR count). The highest BCUT2D eigenvalue weighted by Gasteiger charge is 2.26. The van der Waals surface area contributed by atoms with Gasteiger partial charge in [0.15, 0.2) is 0 Å². The second kappa shape index (κ2) is 8.98. The van der Waals surface area contributed by atoms with E-state index in [0.29, 0.717) is 23.5 Å². The van der Waals surface area contributed by atoms with Gasteiger partial charge in [0.2, 0.25) is 10.0 Å². The second-order valence-electron chi connectivity index (χ2n) is 5.68. The Bertz CT molecular complexity index is 996. The van der Waals surface area contributed by atoms with Crippen molar-refractivity contribution in [3.05, 3.63) is 54.1 Å². The van der Waals surface area contributed by atoms with Gasteiger partial charge in [0.05, 0.1) is 16.5 Å². The second-order valence-corrected chi connectivity index (χ2v) is 7.24. The first-order valence-corrected chi connectivity index (χ1v) is 9.70. The van der Waals surface area contributed by atoms with Crippen LogP contribution < -0.4 is 20.5 Å². The number of urea groups is 1. The molecule has 4 N–H and O–H groups in total. The number of benzene rings is 2. The van der Waals surface area contributed by atoms with E-state index < -0.39 is 10.0 Å². The molecular weight excluding hydrogens is 384 g/mol. The molecular formula is C18H18N4O5S. The van der Waals surface area contributed by atoms with Crippen molar-refractivity contribution in [1.82, 2.24) is 10.6 Å². The maximum Gasteiger partial charge on any atom is 0.322 e. The molecule has 10 heteroatoms. The van der Waals surface area contributed by atoms with Crippen LogP contribution >= 0.6 is 0 Å². The van der Waals surface area contributed by atoms with Gasteiger partial charge in [-0.1, -0.05) is 6.92 Å². The summed E-state index contributed by atoms with van der Waals surface area (Å²) in [6.07, 6.45) is 0.650. The van der Waals surface area contributed by atoms with Crippen LogP contribution in [0.25, 0.3) is 0 Å². The number of nitrogens with two attached hydrogens (primary N) is 1. The number of hydrogen-bond acceptors (Lipinski definition) is 6. The van der Waals surface area contributed by atoms with Gasteiger partial charge in [-0.3, -0.25) is 10.1 Å². The lowest BCUT2D eigenvalue weighted by molar-refractivity contribution is -0.120. The average Bonchev–Trinajstić information content (AvgIpc) is 3.00. The first-order chi connectivity index (χ1) is 13.2. The predicted molar refractivity (Wildman–Crippen MR) is 99.8 cm³/mol. The molecule has 1 saturated heterocycles. The molecule has 2 aromatic carbocycles. The van der Waals surface area contributed by atoms with Gasteiger partial charge in [-0.05, 0) is 55.0 Å². The standard InChI is InChI=1S/C13H10N2O3S.C5H8N2O2/c14-9-10-1-3-11(4-2-10)18-12-5-7-13(8-6-12)19(15,16)17;1-2-3-4(8)7-5(9)6-3/h1-8H,(H2,15,16,17);3H,2H2,1H3,(H2,6,7,8,9)/t;3-/m.0/s1. The fourth-order valence-electron chi connectivity index (χ4n) is 2.18. The van der Waals surface area contributed by atoms with Crippen LogP contribution in [0.3, 0.4) is 0 Å². The van der Waals surface area contributed by atoms with Gasteiger partial charge in [-0.15, -0.1) is 0 Å². The lowest BCUT2D eigenvalue weighted by Gasteiger charge is -2.06. The van der Waals surface area contributed by atoms with Crippen LogP contribution in [0.1, 0.15) is 18.9 Å². The van der Waals surface area contributed by atoms with E-state index >= 15 is 0 Å². The molecule has 1 aliphatic rings. The van der Waals surface area contributed by atoms with Crippen molar-refractivity contribution in [3.8, 4) is 17.6 Å². The Morgan fingerprint density at radius 3 is 1.96 bits per heavy atom. The molecule has 2 aromatic rings. The van der Waals surface area contributed by atoms with E-state index in [1.807, 2.05) is 13.0 Å². The summed E-state index contributed by atoms with van der Waals surface area (Å²) < 4.78 is 27.7. The van der Waals surface area contributed by atoms with Crippen LogP contribution in [0.5, 0.6) is 11.5 Å². The van der Waals surface area contributed by atoms with E-state index in [1.54, 1.807) is 24.3 Å². The third-order valence-electron chi connectivity index (χ3n) is 3.64. The summed E-state index contributed by atoms with van der Waals surface area (Å²) in [6.45, 7) is 1.84. The van der Waals surface area contributed by atoms with Crippen molar-refractivity contribution in [3.63, 3.8) is 0 Å². The number of nitriles is 1. The van der Waals surface area contributed by atoms with Gasteiger partial charge in [0.25, 0.3) is 5.91 Å². The number of rotatable bonds is 4. The van der Waals surface area contributed by atoms with Crippen molar-refractivity contribution < 1.29 is 22.7 Å². The number of imide groups is 1. The normalized spacial score (nSPS) is 15.5. The Morgan fingerprint density at radius 2 is 1.61 bits per heavy atom. The van der Waals surface area contributed by atoms with Crippen molar-refractivity contribution in [1.29, 1.82) is 5.26 Å². The number of sulfonamides is 1. The van der Waals surface area contributed by atoms with Gasteiger partial charge in [-0.25, -0.2) is 18.4 Å². The van der Waals surface area contributed by atoms with Crippen LogP contribution in [-0.4, -0.2) is 26.4 Å². The van der Waals surface area contributed by atoms with Crippen LogP contribution in [0.4, 0.5) is 4.79 Å². The highest BCUT2D eigenvalue weighted by molar-refractivity contribution is 7.89. The van der Waals surface area contributed by atoms with Crippen molar-refractivity contribution in [2.45, 2.75) is 24.3 Å². The highest BCUT2D eigenvalue weighted by Crippen LogP contribution is 2.22. The molecule has 1 heterocycles. The van der Waals surface area contributed by atoms with Crippen LogP contribution in [-0.2, 0) is 14.8 Å². The largest absolute Gasteiger partial charge is 0.457 e. The van der Waals surface area contributed by atoms with E-state index in [0.717, 1.165) is 0 Å². The maximum atomic E-state index is 11.1. The summed E-state index contributed by atoms with van der Waals surface area (Å²) in [7, 11) is -3.69. The quantitative estimate of drug-likeness (QED) is 0.661. The summed E-state index contributed by atoms with van der Waals surface area (Å²) >= 11 is 0. The minimum atomic E-state index is -3.69. The topological polar surface area (TPSA) is 151 Å². The van der Waals surface area contributed by atoms with E-state index in [9.17, 15) is 18.0 Å². The van der Waals surface area contributed by atoms with E-state index in [2.05, 4.69) is 10.6 Å². The number of primary sulfonamides is 1. The molecule has 9 nitrogen and oxygen atoms in total. The first kappa shape index (κ1) is 20.9. The fourth-order valence-corrected chi connectivity index (χ4v) is 2.69. The van der Waals surface area contributed by atoms with Crippen molar-refractivity contribution >= 4 is 22.0 Å². The molecule has 0 aromatic heterocycles. The van der Waals surface area contributed by atoms with Crippen LogP contribution in [0.15, 0.2) is 53.4 Å². The minimum Gasteiger partial charge on any atom is -0.457 e. The smallest absolute Gasteiger partial charge is 0.322 e. The lowest BCUT2D eigenvalue weighted by Crippen LogP contribution is -2.27. The molecule has 0 spiro atoms. The molecule has 1 atom stereocenters. The number of hydrogen-bond donors (Lipinski definition) is 3. The van der Waals surface area contributed by atoms with E-state index in [1.165, 1.54) is 24.3 Å². The molecule has 0 aliphatic carbocycles. The highest BCUT2D eigenvalue weighted by atomic mass is 32.2. The molecule has 1 aliphatic heterocycles. The SMILES string of the molecule is CC[C@@H]1NC(=O)NC1=O.N#Cc1ccc(Oc2ccc(S(N)(=O)=O)cc2)cc1. The van der Waals surface area contributed by atoms with Crippen LogP contribution in [0, 0.1) is 11.3 Å². The number of nitrogens with one attached hydrogen (secondary N) is 2. The number of carbonyl (C=O) groups is 2. The Balaban J connectivity index is 0.000000261. The molecule has 0 unspecified atom stereocenters. The summed E-state index contributed by atoms with van der Waals surface area (Å²) in [4.78, 5) is 21.0. The monoisotopic (exact) mass is 402 g/mol. The van der Waals surface area contributed by atoms with Crippen molar-refractivity contribution in [2.24, 2.45) is 5.14 Å². The molecule has 0 bridgehead atoms. The van der Waals surface area contributed by atoms with Crippen LogP contribution in [0.2, 0.25) is 0 Å². The molecule has 28 heavy (non-hydrogen) atoms. The lowest BCUT2D eigenvalue weighted by atomic mass is 10.2. The number of nitrogens with zero attached hydrogens (tertiary/aromatic N) is 1. The van der Waals surface area contributed by atoms with Gasteiger partial charge >= 0.3 is 6.03 Å². The fraction of sp³-hybridized carbons (Fsp3) is 0.167. The molecule has 3 amide bonds. The zero-order valence-electron chi connectivity index (χ0n) is 14.9. The van der Waals surface area contributed by atoms with E-state index in [-0.39, 0.29) is 22.9 Å². The molecule has 1 fully saturated rings. The Hall–Kier alpha value is -3.42. The maximum absolute atomic E-state index is 11.1.